The van der Waals surface area contributed by atoms with Gasteiger partial charge in [0, 0.05) is 34.3 Å². The van der Waals surface area contributed by atoms with Gasteiger partial charge in [0.25, 0.3) is 0 Å². The van der Waals surface area contributed by atoms with E-state index in [0.717, 1.165) is 54.9 Å². The molecule has 0 saturated carbocycles. The van der Waals surface area contributed by atoms with Crippen LogP contribution in [0.4, 0.5) is 0 Å². The quantitative estimate of drug-likeness (QED) is 0.168. The summed E-state index contributed by atoms with van der Waals surface area (Å²) in [6.07, 6.45) is 4.98. The van der Waals surface area contributed by atoms with Crippen LogP contribution in [0.5, 0.6) is 0 Å². The summed E-state index contributed by atoms with van der Waals surface area (Å²) in [6, 6.07) is 41.7. The molecule has 0 unspecified atom stereocenters. The first-order valence-electron chi connectivity index (χ1n) is 15.8. The number of para-hydroxylation sites is 1. The molecule has 0 aliphatic heterocycles. The van der Waals surface area contributed by atoms with Gasteiger partial charge >= 0.3 is 0 Å². The highest BCUT2D eigenvalue weighted by molar-refractivity contribution is 6.26. The maximum absolute atomic E-state index is 8.85. The number of nitrogens with one attached hydrogen (secondary N) is 2. The summed E-state index contributed by atoms with van der Waals surface area (Å²) < 4.78 is 8.43. The number of hydrogen-bond donors (Lipinski definition) is 2. The summed E-state index contributed by atoms with van der Waals surface area (Å²) in [4.78, 5) is 23.4. The second-order valence-corrected chi connectivity index (χ2v) is 11.5. The molecule has 2 N–H and O–H groups in total. The average molecular weight is 635 g/mol. The fourth-order valence-corrected chi connectivity index (χ4v) is 6.23. The van der Waals surface area contributed by atoms with Gasteiger partial charge in [0.05, 0.1) is 16.4 Å². The molecule has 0 atom stereocenters. The average Bonchev–Trinajstić information content (AvgIpc) is 3.41. The van der Waals surface area contributed by atoms with E-state index in [1.54, 1.807) is 24.5 Å². The van der Waals surface area contributed by atoms with E-state index >= 15 is 0 Å². The monoisotopic (exact) mass is 634 g/mol. The third-order valence-electron chi connectivity index (χ3n) is 8.45. The molecule has 0 aliphatic carbocycles. The van der Waals surface area contributed by atoms with E-state index in [2.05, 4.69) is 40.7 Å². The second kappa shape index (κ2) is 11.7. The van der Waals surface area contributed by atoms with Gasteiger partial charge in [0.15, 0.2) is 23.3 Å². The van der Waals surface area contributed by atoms with Crippen molar-refractivity contribution in [3.05, 3.63) is 152 Å². The Morgan fingerprint density at radius 3 is 1.96 bits per heavy atom. The van der Waals surface area contributed by atoms with Crippen molar-refractivity contribution in [2.75, 3.05) is 5.43 Å². The standard InChI is InChI=1S/C40H26N8O/c41-29(21-24-43-48-31-17-9-16-28-27-15-7-8-19-33(27)49-34-20-10-18-32(48)36(34)35(28)31)39-42-23-22-30(44-39)40-46-37(25-11-3-1-4-12-25)45-38(47-40)26-13-5-2-6-14-26/h1-24,41,43H/b24-21-,41-29?. The van der Waals surface area contributed by atoms with Crippen molar-refractivity contribution >= 4 is 49.5 Å². The first-order chi connectivity index (χ1) is 24.2. The van der Waals surface area contributed by atoms with E-state index < -0.39 is 0 Å². The van der Waals surface area contributed by atoms with E-state index in [0.29, 0.717) is 23.2 Å². The van der Waals surface area contributed by atoms with Gasteiger partial charge < -0.3 is 9.84 Å². The lowest BCUT2D eigenvalue weighted by molar-refractivity contribution is 0.664. The van der Waals surface area contributed by atoms with Crippen molar-refractivity contribution in [2.45, 2.75) is 0 Å². The highest BCUT2D eigenvalue weighted by atomic mass is 16.3. The molecular formula is C40H26N8O. The summed E-state index contributed by atoms with van der Waals surface area (Å²) in [5, 5.41) is 13.1. The van der Waals surface area contributed by atoms with Crippen LogP contribution in [0.3, 0.4) is 0 Å². The van der Waals surface area contributed by atoms with E-state index in [9.17, 15) is 0 Å². The Kier molecular flexibility index (Phi) is 6.72. The van der Waals surface area contributed by atoms with Crippen LogP contribution in [0.2, 0.25) is 0 Å². The number of nitrogens with zero attached hydrogens (tertiary/aromatic N) is 6. The Bertz CT molecular complexity index is 2660. The number of aromatic nitrogens is 6. The van der Waals surface area contributed by atoms with Gasteiger partial charge in [-0.1, -0.05) is 97.1 Å². The van der Waals surface area contributed by atoms with Gasteiger partial charge in [-0.3, -0.25) is 10.1 Å². The fraction of sp³-hybridized carbons (Fsp3) is 0. The largest absolute Gasteiger partial charge is 0.456 e. The van der Waals surface area contributed by atoms with Gasteiger partial charge in [-0.05, 0) is 41.8 Å². The SMILES string of the molecule is N=C(/C=C\Nn1c2cccc3oc4ccccc4c4cccc1c4c32)c1nccc(-c2nc(-c3ccccc3)nc(-c3ccccc3)n2)n1. The molecule has 4 heterocycles. The molecule has 0 amide bonds. The summed E-state index contributed by atoms with van der Waals surface area (Å²) in [6.45, 7) is 0. The minimum atomic E-state index is 0.121. The summed E-state index contributed by atoms with van der Waals surface area (Å²) in [5.74, 6) is 1.71. The zero-order chi connectivity index (χ0) is 32.7. The lowest BCUT2D eigenvalue weighted by Gasteiger charge is -2.09. The van der Waals surface area contributed by atoms with Crippen LogP contribution in [0.1, 0.15) is 5.82 Å². The molecule has 9 heteroatoms. The zero-order valence-electron chi connectivity index (χ0n) is 25.9. The molecule has 232 valence electrons. The smallest absolute Gasteiger partial charge is 0.182 e. The number of benzene rings is 5. The van der Waals surface area contributed by atoms with Gasteiger partial charge in [0.1, 0.15) is 22.6 Å². The third kappa shape index (κ3) is 4.97. The highest BCUT2D eigenvalue weighted by Crippen LogP contribution is 2.38. The van der Waals surface area contributed by atoms with Crippen molar-refractivity contribution in [1.29, 1.82) is 5.41 Å². The molecule has 0 aliphatic rings. The van der Waals surface area contributed by atoms with Crippen molar-refractivity contribution in [3.63, 3.8) is 0 Å². The van der Waals surface area contributed by atoms with Gasteiger partial charge in [0.2, 0.25) is 0 Å². The predicted octanol–water partition coefficient (Wildman–Crippen LogP) is 8.80. The molecule has 9 aromatic rings. The molecule has 9 rings (SSSR count). The van der Waals surface area contributed by atoms with Crippen LogP contribution in [-0.4, -0.2) is 35.3 Å². The molecule has 0 saturated heterocycles. The number of fused-ring (bicyclic) bond motifs is 2. The Hall–Kier alpha value is -7.00. The molecule has 0 radical (unpaired) electrons. The number of hydrogen-bond acceptors (Lipinski definition) is 8. The van der Waals surface area contributed by atoms with Crippen molar-refractivity contribution < 1.29 is 4.42 Å². The van der Waals surface area contributed by atoms with Crippen molar-refractivity contribution in [3.8, 4) is 34.3 Å². The lowest BCUT2D eigenvalue weighted by atomic mass is 10.1. The molecule has 0 fully saturated rings. The van der Waals surface area contributed by atoms with Crippen LogP contribution < -0.4 is 5.43 Å². The molecule has 9 nitrogen and oxygen atoms in total. The van der Waals surface area contributed by atoms with E-state index in [-0.39, 0.29) is 11.5 Å². The van der Waals surface area contributed by atoms with E-state index in [4.69, 9.17) is 29.8 Å². The minimum absolute atomic E-state index is 0.121. The highest BCUT2D eigenvalue weighted by Gasteiger charge is 2.18. The second-order valence-electron chi connectivity index (χ2n) is 11.5. The van der Waals surface area contributed by atoms with Crippen LogP contribution in [0, 0.1) is 5.41 Å². The summed E-state index contributed by atoms with van der Waals surface area (Å²) in [5.41, 5.74) is 9.31. The summed E-state index contributed by atoms with van der Waals surface area (Å²) in [7, 11) is 0. The van der Waals surface area contributed by atoms with Gasteiger partial charge in [-0.15, -0.1) is 0 Å². The molecule has 49 heavy (non-hydrogen) atoms. The maximum Gasteiger partial charge on any atom is 0.182 e. The van der Waals surface area contributed by atoms with Crippen LogP contribution in [0.15, 0.2) is 150 Å². The normalized spacial score (nSPS) is 11.7. The molecular weight excluding hydrogens is 608 g/mol. The molecule has 4 aromatic heterocycles. The predicted molar refractivity (Wildman–Crippen MR) is 194 cm³/mol. The zero-order valence-corrected chi connectivity index (χ0v) is 25.9. The Morgan fingerprint density at radius 2 is 1.20 bits per heavy atom. The first kappa shape index (κ1) is 28.2. The van der Waals surface area contributed by atoms with Crippen LogP contribution in [0.25, 0.3) is 78.0 Å². The Morgan fingerprint density at radius 1 is 0.592 bits per heavy atom. The third-order valence-corrected chi connectivity index (χ3v) is 8.45. The molecule has 0 bridgehead atoms. The van der Waals surface area contributed by atoms with E-state index in [1.165, 1.54) is 0 Å². The Balaban J connectivity index is 1.07. The number of rotatable bonds is 7. The van der Waals surface area contributed by atoms with Crippen LogP contribution in [-0.2, 0) is 0 Å². The van der Waals surface area contributed by atoms with Crippen molar-refractivity contribution in [1.82, 2.24) is 29.6 Å². The first-order valence-corrected chi connectivity index (χ1v) is 15.8. The fourth-order valence-electron chi connectivity index (χ4n) is 6.23. The Labute approximate surface area is 279 Å². The van der Waals surface area contributed by atoms with Crippen molar-refractivity contribution in [2.24, 2.45) is 0 Å². The van der Waals surface area contributed by atoms with E-state index in [1.807, 2.05) is 95.7 Å². The summed E-state index contributed by atoms with van der Waals surface area (Å²) >= 11 is 0. The van der Waals surface area contributed by atoms with Gasteiger partial charge in [-0.2, -0.15) is 0 Å². The lowest BCUT2D eigenvalue weighted by Crippen LogP contribution is -2.10. The minimum Gasteiger partial charge on any atom is -0.456 e. The van der Waals surface area contributed by atoms with Crippen LogP contribution >= 0.6 is 0 Å². The topological polar surface area (TPSA) is 118 Å². The molecule has 0 spiro atoms. The van der Waals surface area contributed by atoms with Gasteiger partial charge in [-0.25, -0.2) is 24.9 Å². The number of allylic oxidation sites excluding steroid dienone is 1. The molecule has 5 aromatic carbocycles. The maximum atomic E-state index is 8.85.